The van der Waals surface area contributed by atoms with Crippen LogP contribution in [0, 0.1) is 11.8 Å². The lowest BCUT2D eigenvalue weighted by atomic mass is 9.92. The predicted molar refractivity (Wildman–Crippen MR) is 83.4 cm³/mol. The molecule has 0 unspecified atom stereocenters. The summed E-state index contributed by atoms with van der Waals surface area (Å²) in [7, 11) is 1.51. The maximum absolute atomic E-state index is 12.3. The molecule has 22 heavy (non-hydrogen) atoms. The van der Waals surface area contributed by atoms with Gasteiger partial charge in [-0.1, -0.05) is 13.8 Å². The van der Waals surface area contributed by atoms with Crippen LogP contribution in [0.25, 0.3) is 0 Å². The van der Waals surface area contributed by atoms with Crippen LogP contribution in [0.2, 0.25) is 0 Å². The average Bonchev–Trinajstić information content (AvgIpc) is 2.51. The quantitative estimate of drug-likeness (QED) is 0.784. The molecule has 1 aromatic rings. The number of likely N-dealkylation sites (tertiary alicyclic amines) is 1. The number of hydrogen-bond acceptors (Lipinski definition) is 4. The van der Waals surface area contributed by atoms with E-state index in [1.165, 1.54) is 7.11 Å². The van der Waals surface area contributed by atoms with Crippen LogP contribution in [-0.4, -0.2) is 43.9 Å². The van der Waals surface area contributed by atoms with E-state index in [0.29, 0.717) is 28.9 Å². The van der Waals surface area contributed by atoms with Gasteiger partial charge in [-0.3, -0.25) is 9.59 Å². The highest BCUT2D eigenvalue weighted by Gasteiger charge is 2.25. The number of piperidine rings is 1. The van der Waals surface area contributed by atoms with Crippen LogP contribution >= 0.6 is 0 Å². The second kappa shape index (κ2) is 7.29. The van der Waals surface area contributed by atoms with Crippen molar-refractivity contribution in [3.05, 3.63) is 23.8 Å². The maximum atomic E-state index is 12.3. The summed E-state index contributed by atoms with van der Waals surface area (Å²) in [6.07, 6.45) is 1.90. The van der Waals surface area contributed by atoms with Crippen molar-refractivity contribution in [1.29, 1.82) is 0 Å². The Morgan fingerprint density at radius 2 is 1.95 bits per heavy atom. The second-order valence-electron chi connectivity index (χ2n) is 6.06. The summed E-state index contributed by atoms with van der Waals surface area (Å²) >= 11 is 0. The highest BCUT2D eigenvalue weighted by molar-refractivity contribution is 5.78. The largest absolute Gasteiger partial charge is 0.493 e. The molecular weight excluding hydrogens is 282 g/mol. The summed E-state index contributed by atoms with van der Waals surface area (Å²) < 4.78 is 10.8. The van der Waals surface area contributed by atoms with E-state index < -0.39 is 0 Å². The van der Waals surface area contributed by atoms with E-state index in [0.717, 1.165) is 25.8 Å². The van der Waals surface area contributed by atoms with Gasteiger partial charge >= 0.3 is 0 Å². The molecule has 1 heterocycles. The number of carbonyl (C=O) groups excluding carboxylic acids is 2. The lowest BCUT2D eigenvalue weighted by Crippen LogP contribution is -2.44. The van der Waals surface area contributed by atoms with Crippen LogP contribution in [0.1, 0.15) is 30.6 Å². The molecule has 0 aromatic heterocycles. The third-order valence-corrected chi connectivity index (χ3v) is 3.90. The molecular formula is C17H23NO4. The topological polar surface area (TPSA) is 55.8 Å². The van der Waals surface area contributed by atoms with E-state index in [1.54, 1.807) is 18.2 Å². The van der Waals surface area contributed by atoms with Crippen molar-refractivity contribution in [3.63, 3.8) is 0 Å². The molecule has 0 saturated carbocycles. The van der Waals surface area contributed by atoms with E-state index in [9.17, 15) is 9.59 Å². The SMILES string of the molecule is COc1cc(C=O)ccc1OCC(=O)N1C[C@H](C)C[C@H](C)C1. The predicted octanol–water partition coefficient (Wildman–Crippen LogP) is 2.39. The Balaban J connectivity index is 1.97. The van der Waals surface area contributed by atoms with E-state index in [2.05, 4.69) is 13.8 Å². The van der Waals surface area contributed by atoms with Crippen molar-refractivity contribution in [2.45, 2.75) is 20.3 Å². The molecule has 0 bridgehead atoms. The van der Waals surface area contributed by atoms with Crippen LogP contribution in [0.4, 0.5) is 0 Å². The number of ether oxygens (including phenoxy) is 2. The fourth-order valence-corrected chi connectivity index (χ4v) is 2.97. The first-order valence-corrected chi connectivity index (χ1v) is 7.57. The zero-order valence-electron chi connectivity index (χ0n) is 13.4. The van der Waals surface area contributed by atoms with Crippen LogP contribution in [0.3, 0.4) is 0 Å². The van der Waals surface area contributed by atoms with Crippen molar-refractivity contribution >= 4 is 12.2 Å². The van der Waals surface area contributed by atoms with E-state index in [4.69, 9.17) is 9.47 Å². The van der Waals surface area contributed by atoms with Gasteiger partial charge in [-0.2, -0.15) is 0 Å². The smallest absolute Gasteiger partial charge is 0.260 e. The van der Waals surface area contributed by atoms with Gasteiger partial charge in [0.2, 0.25) is 0 Å². The summed E-state index contributed by atoms with van der Waals surface area (Å²) in [5.74, 6) is 1.96. The molecule has 2 rings (SSSR count). The molecule has 2 atom stereocenters. The molecule has 1 saturated heterocycles. The third-order valence-electron chi connectivity index (χ3n) is 3.90. The molecule has 5 heteroatoms. The summed E-state index contributed by atoms with van der Waals surface area (Å²) in [5, 5.41) is 0. The third kappa shape index (κ3) is 4.00. The average molecular weight is 305 g/mol. The van der Waals surface area contributed by atoms with E-state index in [-0.39, 0.29) is 12.5 Å². The van der Waals surface area contributed by atoms with Crippen molar-refractivity contribution in [3.8, 4) is 11.5 Å². The normalized spacial score (nSPS) is 21.3. The highest BCUT2D eigenvalue weighted by Crippen LogP contribution is 2.28. The molecule has 0 radical (unpaired) electrons. The zero-order valence-corrected chi connectivity index (χ0v) is 13.4. The van der Waals surface area contributed by atoms with Gasteiger partial charge in [-0.15, -0.1) is 0 Å². The van der Waals surface area contributed by atoms with Crippen molar-refractivity contribution in [2.75, 3.05) is 26.8 Å². The Hall–Kier alpha value is -2.04. The second-order valence-corrected chi connectivity index (χ2v) is 6.06. The van der Waals surface area contributed by atoms with Gasteiger partial charge in [0.1, 0.15) is 6.29 Å². The standard InChI is InChI=1S/C17H23NO4/c1-12-6-13(2)9-18(8-12)17(20)11-22-15-5-4-14(10-19)7-16(15)21-3/h4-5,7,10,12-13H,6,8-9,11H2,1-3H3/t12-,13+. The molecule has 5 nitrogen and oxygen atoms in total. The van der Waals surface area contributed by atoms with Crippen LogP contribution in [-0.2, 0) is 4.79 Å². The number of amides is 1. The highest BCUT2D eigenvalue weighted by atomic mass is 16.5. The Morgan fingerprint density at radius 3 is 2.55 bits per heavy atom. The Kier molecular flexibility index (Phi) is 5.41. The van der Waals surface area contributed by atoms with Gasteiger partial charge in [0.15, 0.2) is 18.1 Å². The number of rotatable bonds is 5. The summed E-state index contributed by atoms with van der Waals surface area (Å²) in [5.41, 5.74) is 0.509. The number of methoxy groups -OCH3 is 1. The molecule has 1 fully saturated rings. The number of benzene rings is 1. The number of carbonyl (C=O) groups is 2. The fraction of sp³-hybridized carbons (Fsp3) is 0.529. The number of nitrogens with zero attached hydrogens (tertiary/aromatic N) is 1. The van der Waals surface area contributed by atoms with Crippen molar-refractivity contribution < 1.29 is 19.1 Å². The minimum atomic E-state index is -0.0176. The maximum Gasteiger partial charge on any atom is 0.260 e. The summed E-state index contributed by atoms with van der Waals surface area (Å²) in [4.78, 5) is 24.9. The van der Waals surface area contributed by atoms with E-state index in [1.807, 2.05) is 4.90 Å². The zero-order chi connectivity index (χ0) is 16.1. The molecule has 1 amide bonds. The minimum Gasteiger partial charge on any atom is -0.493 e. The van der Waals surface area contributed by atoms with Gasteiger partial charge in [-0.25, -0.2) is 0 Å². The van der Waals surface area contributed by atoms with Crippen molar-refractivity contribution in [1.82, 2.24) is 4.90 Å². The van der Waals surface area contributed by atoms with Gasteiger partial charge in [0, 0.05) is 18.7 Å². The van der Waals surface area contributed by atoms with Gasteiger partial charge < -0.3 is 14.4 Å². The summed E-state index contributed by atoms with van der Waals surface area (Å²) in [6, 6.07) is 4.88. The first-order chi connectivity index (χ1) is 10.5. The molecule has 1 aromatic carbocycles. The molecule has 1 aliphatic rings. The van der Waals surface area contributed by atoms with Crippen LogP contribution in [0.15, 0.2) is 18.2 Å². The minimum absolute atomic E-state index is 0.0140. The first-order valence-electron chi connectivity index (χ1n) is 7.57. The van der Waals surface area contributed by atoms with Gasteiger partial charge in [-0.05, 0) is 36.5 Å². The van der Waals surface area contributed by atoms with E-state index >= 15 is 0 Å². The van der Waals surface area contributed by atoms with Crippen LogP contribution < -0.4 is 9.47 Å². The number of hydrogen-bond donors (Lipinski definition) is 0. The molecule has 0 aliphatic carbocycles. The lowest BCUT2D eigenvalue weighted by molar-refractivity contribution is -0.136. The molecule has 120 valence electrons. The first kappa shape index (κ1) is 16.3. The Labute approximate surface area is 131 Å². The summed E-state index contributed by atoms with van der Waals surface area (Å²) in [6.45, 7) is 5.88. The lowest BCUT2D eigenvalue weighted by Gasteiger charge is -2.34. The van der Waals surface area contributed by atoms with Gasteiger partial charge in [0.25, 0.3) is 5.91 Å². The Bertz CT molecular complexity index is 533. The fourth-order valence-electron chi connectivity index (χ4n) is 2.97. The molecule has 1 aliphatic heterocycles. The van der Waals surface area contributed by atoms with Crippen LogP contribution in [0.5, 0.6) is 11.5 Å². The molecule has 0 N–H and O–H groups in total. The van der Waals surface area contributed by atoms with Gasteiger partial charge in [0.05, 0.1) is 7.11 Å². The van der Waals surface area contributed by atoms with Crippen molar-refractivity contribution in [2.24, 2.45) is 11.8 Å². The number of aldehydes is 1. The monoisotopic (exact) mass is 305 g/mol. The molecule has 0 spiro atoms. The Morgan fingerprint density at radius 1 is 1.27 bits per heavy atom.